The van der Waals surface area contributed by atoms with Crippen molar-refractivity contribution in [1.82, 2.24) is 9.55 Å². The third-order valence-electron chi connectivity index (χ3n) is 2.80. The first-order valence-electron chi connectivity index (χ1n) is 5.05. The summed E-state index contributed by atoms with van der Waals surface area (Å²) in [6.07, 6.45) is 2.25. The van der Waals surface area contributed by atoms with Gasteiger partial charge in [-0.15, -0.1) is 0 Å². The van der Waals surface area contributed by atoms with E-state index in [1.54, 1.807) is 7.11 Å². The van der Waals surface area contributed by atoms with Crippen molar-refractivity contribution in [1.29, 1.82) is 0 Å². The fourth-order valence-electron chi connectivity index (χ4n) is 1.98. The molecular weight excluding hydrogens is 178 g/mol. The second kappa shape index (κ2) is 3.61. The molecule has 2 N–H and O–H groups in total. The summed E-state index contributed by atoms with van der Waals surface area (Å²) in [5.74, 6) is 2.61. The molecular formula is C10H17N3O. The van der Waals surface area contributed by atoms with Crippen molar-refractivity contribution in [3.8, 4) is 0 Å². The highest BCUT2D eigenvalue weighted by atomic mass is 16.5. The van der Waals surface area contributed by atoms with Crippen LogP contribution in [0.15, 0.2) is 0 Å². The Labute approximate surface area is 84.1 Å². The van der Waals surface area contributed by atoms with Gasteiger partial charge in [0.15, 0.2) is 0 Å². The number of rotatable bonds is 2. The first-order chi connectivity index (χ1) is 6.72. The molecule has 0 bridgehead atoms. The lowest BCUT2D eigenvalue weighted by Crippen LogP contribution is -2.19. The van der Waals surface area contributed by atoms with Gasteiger partial charge in [0, 0.05) is 20.1 Å². The summed E-state index contributed by atoms with van der Waals surface area (Å²) >= 11 is 0. The number of anilines is 1. The lowest BCUT2D eigenvalue weighted by atomic mass is 10.0. The van der Waals surface area contributed by atoms with E-state index < -0.39 is 0 Å². The molecule has 0 fully saturated rings. The predicted octanol–water partition coefficient (Wildman–Crippen LogP) is 1.19. The van der Waals surface area contributed by atoms with E-state index in [-0.39, 0.29) is 0 Å². The van der Waals surface area contributed by atoms with E-state index in [0.717, 1.165) is 30.3 Å². The first kappa shape index (κ1) is 9.52. The molecule has 0 spiro atoms. The molecule has 78 valence electrons. The molecule has 0 aliphatic carbocycles. The number of nitrogen functional groups attached to an aromatic ring is 1. The van der Waals surface area contributed by atoms with E-state index in [2.05, 4.69) is 16.5 Å². The molecule has 1 aliphatic rings. The number of hydrogen-bond donors (Lipinski definition) is 1. The number of hydrogen-bond acceptors (Lipinski definition) is 3. The summed E-state index contributed by atoms with van der Waals surface area (Å²) in [6, 6.07) is 0. The molecule has 4 heteroatoms. The summed E-state index contributed by atoms with van der Waals surface area (Å²) < 4.78 is 7.18. The van der Waals surface area contributed by atoms with Crippen molar-refractivity contribution in [2.24, 2.45) is 5.92 Å². The minimum Gasteiger partial charge on any atom is -0.383 e. The van der Waals surface area contributed by atoms with E-state index >= 15 is 0 Å². The van der Waals surface area contributed by atoms with Crippen molar-refractivity contribution < 1.29 is 4.74 Å². The fraction of sp³-hybridized carbons (Fsp3) is 0.700. The molecule has 1 aliphatic heterocycles. The van der Waals surface area contributed by atoms with E-state index in [0.29, 0.717) is 12.5 Å². The van der Waals surface area contributed by atoms with Gasteiger partial charge in [-0.25, -0.2) is 4.98 Å². The van der Waals surface area contributed by atoms with E-state index in [4.69, 9.17) is 10.5 Å². The summed E-state index contributed by atoms with van der Waals surface area (Å²) in [5, 5.41) is 0. The quantitative estimate of drug-likeness (QED) is 0.771. The van der Waals surface area contributed by atoms with Gasteiger partial charge >= 0.3 is 0 Å². The van der Waals surface area contributed by atoms with Crippen molar-refractivity contribution in [3.63, 3.8) is 0 Å². The Morgan fingerprint density at radius 1 is 1.64 bits per heavy atom. The Morgan fingerprint density at radius 2 is 2.43 bits per heavy atom. The van der Waals surface area contributed by atoms with Gasteiger partial charge in [0.25, 0.3) is 0 Å². The number of aryl methyl sites for hydroxylation is 1. The Morgan fingerprint density at radius 3 is 3.14 bits per heavy atom. The number of nitrogens with two attached hydrogens (primary N) is 1. The summed E-state index contributed by atoms with van der Waals surface area (Å²) in [7, 11) is 1.67. The van der Waals surface area contributed by atoms with Gasteiger partial charge in [-0.1, -0.05) is 6.92 Å². The van der Waals surface area contributed by atoms with Gasteiger partial charge in [-0.2, -0.15) is 0 Å². The SMILES string of the molecule is COCc1nc2n(c1N)CC(C)CC2. The van der Waals surface area contributed by atoms with Gasteiger partial charge in [0.1, 0.15) is 17.3 Å². The van der Waals surface area contributed by atoms with E-state index in [9.17, 15) is 0 Å². The van der Waals surface area contributed by atoms with Crippen LogP contribution in [0.2, 0.25) is 0 Å². The lowest BCUT2D eigenvalue weighted by Gasteiger charge is -2.20. The standard InChI is InChI=1S/C10H17N3O/c1-7-3-4-9-12-8(6-14-2)10(11)13(9)5-7/h7H,3-6,11H2,1-2H3. The molecule has 2 heterocycles. The zero-order valence-corrected chi connectivity index (χ0v) is 8.79. The zero-order chi connectivity index (χ0) is 10.1. The average molecular weight is 195 g/mol. The summed E-state index contributed by atoms with van der Waals surface area (Å²) in [4.78, 5) is 4.49. The molecule has 0 saturated carbocycles. The smallest absolute Gasteiger partial charge is 0.129 e. The van der Waals surface area contributed by atoms with Crippen LogP contribution in [-0.4, -0.2) is 16.7 Å². The number of ether oxygens (including phenoxy) is 1. The van der Waals surface area contributed by atoms with Crippen LogP contribution in [0.1, 0.15) is 24.9 Å². The maximum atomic E-state index is 5.99. The lowest BCUT2D eigenvalue weighted by molar-refractivity contribution is 0.182. The first-order valence-corrected chi connectivity index (χ1v) is 5.05. The second-order valence-electron chi connectivity index (χ2n) is 4.05. The van der Waals surface area contributed by atoms with Crippen LogP contribution in [0.25, 0.3) is 0 Å². The summed E-state index contributed by atoms with van der Waals surface area (Å²) in [6.45, 7) is 3.76. The molecule has 4 nitrogen and oxygen atoms in total. The maximum absolute atomic E-state index is 5.99. The van der Waals surface area contributed by atoms with Crippen LogP contribution < -0.4 is 5.73 Å². The van der Waals surface area contributed by atoms with Crippen LogP contribution in [0.4, 0.5) is 5.82 Å². The largest absolute Gasteiger partial charge is 0.383 e. The molecule has 14 heavy (non-hydrogen) atoms. The van der Waals surface area contributed by atoms with E-state index in [1.165, 1.54) is 6.42 Å². The van der Waals surface area contributed by atoms with Crippen LogP contribution in [-0.2, 0) is 24.3 Å². The number of fused-ring (bicyclic) bond motifs is 1. The Kier molecular flexibility index (Phi) is 2.46. The topological polar surface area (TPSA) is 53.1 Å². The molecule has 0 radical (unpaired) electrons. The maximum Gasteiger partial charge on any atom is 0.129 e. The minimum atomic E-state index is 0.514. The normalized spacial score (nSPS) is 20.9. The molecule has 1 aromatic heterocycles. The van der Waals surface area contributed by atoms with Crippen LogP contribution in [0.3, 0.4) is 0 Å². The van der Waals surface area contributed by atoms with Crippen molar-refractivity contribution in [2.45, 2.75) is 32.9 Å². The highest BCUT2D eigenvalue weighted by molar-refractivity contribution is 5.38. The second-order valence-corrected chi connectivity index (χ2v) is 4.05. The summed E-state index contributed by atoms with van der Waals surface area (Å²) in [5.41, 5.74) is 6.88. The zero-order valence-electron chi connectivity index (χ0n) is 8.79. The Hall–Kier alpha value is -1.03. The molecule has 2 rings (SSSR count). The highest BCUT2D eigenvalue weighted by Crippen LogP contribution is 2.24. The molecule has 1 atom stereocenters. The molecule has 0 aromatic carbocycles. The molecule has 0 amide bonds. The van der Waals surface area contributed by atoms with Gasteiger partial charge in [-0.3, -0.25) is 0 Å². The fourth-order valence-corrected chi connectivity index (χ4v) is 1.98. The van der Waals surface area contributed by atoms with Crippen LogP contribution in [0, 0.1) is 5.92 Å². The minimum absolute atomic E-state index is 0.514. The monoisotopic (exact) mass is 195 g/mol. The third-order valence-corrected chi connectivity index (χ3v) is 2.80. The van der Waals surface area contributed by atoms with Gasteiger partial charge < -0.3 is 15.0 Å². The third kappa shape index (κ3) is 1.50. The van der Waals surface area contributed by atoms with E-state index in [1.807, 2.05) is 0 Å². The van der Waals surface area contributed by atoms with Crippen molar-refractivity contribution in [2.75, 3.05) is 12.8 Å². The molecule has 1 unspecified atom stereocenters. The molecule has 0 saturated heterocycles. The molecule has 1 aromatic rings. The Balaban J connectivity index is 2.31. The number of imidazole rings is 1. The van der Waals surface area contributed by atoms with Crippen LogP contribution in [0.5, 0.6) is 0 Å². The van der Waals surface area contributed by atoms with Gasteiger partial charge in [-0.05, 0) is 12.3 Å². The predicted molar refractivity (Wildman–Crippen MR) is 54.8 cm³/mol. The van der Waals surface area contributed by atoms with Crippen LogP contribution >= 0.6 is 0 Å². The van der Waals surface area contributed by atoms with Crippen molar-refractivity contribution in [3.05, 3.63) is 11.5 Å². The van der Waals surface area contributed by atoms with Crippen molar-refractivity contribution >= 4 is 5.82 Å². The average Bonchev–Trinajstić information content (AvgIpc) is 2.46. The van der Waals surface area contributed by atoms with Gasteiger partial charge in [0.05, 0.1) is 6.61 Å². The van der Waals surface area contributed by atoms with Gasteiger partial charge in [0.2, 0.25) is 0 Å². The highest BCUT2D eigenvalue weighted by Gasteiger charge is 2.20. The number of nitrogens with zero attached hydrogens (tertiary/aromatic N) is 2. The number of methoxy groups -OCH3 is 1. The number of aromatic nitrogens is 2. The Bertz CT molecular complexity index is 332.